The first-order valence-electron chi connectivity index (χ1n) is 6.46. The lowest BCUT2D eigenvalue weighted by Crippen LogP contribution is -2.15. The van der Waals surface area contributed by atoms with Gasteiger partial charge in [-0.1, -0.05) is 23.7 Å². The molecule has 0 aliphatic rings. The van der Waals surface area contributed by atoms with Crippen LogP contribution in [-0.2, 0) is 0 Å². The van der Waals surface area contributed by atoms with Gasteiger partial charge >= 0.3 is 0 Å². The van der Waals surface area contributed by atoms with Gasteiger partial charge in [-0.05, 0) is 61.4 Å². The number of aliphatic hydroxyl groups is 1. The third-order valence-corrected chi connectivity index (χ3v) is 3.14. The van der Waals surface area contributed by atoms with Crippen LogP contribution in [-0.4, -0.2) is 15.8 Å². The van der Waals surface area contributed by atoms with Crippen LogP contribution in [0.2, 0.25) is 5.02 Å². The van der Waals surface area contributed by atoms with Crippen LogP contribution in [0.3, 0.4) is 0 Å². The van der Waals surface area contributed by atoms with Crippen molar-refractivity contribution in [2.24, 2.45) is 0 Å². The lowest BCUT2D eigenvalue weighted by molar-refractivity contribution is 0.133. The van der Waals surface area contributed by atoms with E-state index in [4.69, 9.17) is 11.6 Å². The summed E-state index contributed by atoms with van der Waals surface area (Å²) in [5, 5.41) is 20.6. The molecule has 2 aromatic rings. The number of phenolic OH excluding ortho intramolecular Hbond substituents is 1. The molecule has 2 N–H and O–H groups in total. The minimum atomic E-state index is -1.09. The molecule has 0 spiro atoms. The summed E-state index contributed by atoms with van der Waals surface area (Å²) in [5.74, 6) is -0.344. The van der Waals surface area contributed by atoms with Crippen molar-refractivity contribution in [2.75, 3.05) is 0 Å². The van der Waals surface area contributed by atoms with Gasteiger partial charge in [0.05, 0.1) is 5.60 Å². The highest BCUT2D eigenvalue weighted by Gasteiger charge is 2.16. The predicted molar refractivity (Wildman–Crippen MR) is 82.9 cm³/mol. The molecule has 4 heteroatoms. The van der Waals surface area contributed by atoms with E-state index in [1.165, 1.54) is 18.2 Å². The van der Waals surface area contributed by atoms with Crippen LogP contribution >= 0.6 is 11.6 Å². The fourth-order valence-corrected chi connectivity index (χ4v) is 2.20. The number of rotatable bonds is 3. The van der Waals surface area contributed by atoms with Gasteiger partial charge in [-0.15, -0.1) is 0 Å². The largest absolute Gasteiger partial charge is 0.507 e. The SMILES string of the molecule is CC(C)(O)/C=C(\c1ccc(F)cc1)c1ccc(Cl)cc1O. The topological polar surface area (TPSA) is 40.5 Å². The highest BCUT2D eigenvalue weighted by Crippen LogP contribution is 2.33. The number of hydrogen-bond acceptors (Lipinski definition) is 2. The monoisotopic (exact) mass is 306 g/mol. The molecule has 21 heavy (non-hydrogen) atoms. The number of phenols is 1. The highest BCUT2D eigenvalue weighted by molar-refractivity contribution is 6.30. The maximum absolute atomic E-state index is 13.1. The van der Waals surface area contributed by atoms with Crippen LogP contribution in [0.1, 0.15) is 25.0 Å². The Labute approximate surface area is 128 Å². The van der Waals surface area contributed by atoms with Crippen LogP contribution in [0.5, 0.6) is 5.75 Å². The summed E-state index contributed by atoms with van der Waals surface area (Å²) in [6.45, 7) is 3.26. The van der Waals surface area contributed by atoms with E-state index < -0.39 is 5.60 Å². The molecule has 0 aromatic heterocycles. The van der Waals surface area contributed by atoms with Crippen molar-refractivity contribution < 1.29 is 14.6 Å². The molecular formula is C17H16ClFO2. The smallest absolute Gasteiger partial charge is 0.124 e. The molecule has 0 heterocycles. The van der Waals surface area contributed by atoms with Crippen LogP contribution < -0.4 is 0 Å². The Bertz CT molecular complexity index is 670. The van der Waals surface area contributed by atoms with Crippen molar-refractivity contribution in [1.82, 2.24) is 0 Å². The predicted octanol–water partition coefficient (Wildman–Crippen LogP) is 4.39. The third-order valence-electron chi connectivity index (χ3n) is 2.90. The van der Waals surface area contributed by atoms with Gasteiger partial charge in [-0.25, -0.2) is 4.39 Å². The molecule has 0 aliphatic carbocycles. The first-order chi connectivity index (χ1) is 9.76. The summed E-state index contributed by atoms with van der Waals surface area (Å²) in [6.07, 6.45) is 1.61. The molecule has 0 radical (unpaired) electrons. The molecule has 2 rings (SSSR count). The number of halogens is 2. The second-order valence-electron chi connectivity index (χ2n) is 5.38. The fraction of sp³-hybridized carbons (Fsp3) is 0.176. The summed E-state index contributed by atoms with van der Waals surface area (Å²) in [5.41, 5.74) is 0.733. The molecule has 0 unspecified atom stereocenters. The Morgan fingerprint density at radius 2 is 1.76 bits per heavy atom. The van der Waals surface area contributed by atoms with E-state index in [1.807, 2.05) is 0 Å². The Kier molecular flexibility index (Phi) is 4.35. The number of hydrogen-bond donors (Lipinski definition) is 2. The van der Waals surface area contributed by atoms with E-state index in [-0.39, 0.29) is 11.6 Å². The molecule has 0 atom stereocenters. The molecule has 0 saturated heterocycles. The minimum Gasteiger partial charge on any atom is -0.507 e. The van der Waals surface area contributed by atoms with Gasteiger partial charge in [0, 0.05) is 10.6 Å². The molecule has 0 aliphatic heterocycles. The fourth-order valence-electron chi connectivity index (χ4n) is 2.03. The van der Waals surface area contributed by atoms with Crippen LogP contribution in [0.4, 0.5) is 4.39 Å². The molecule has 0 saturated carbocycles. The van der Waals surface area contributed by atoms with Gasteiger partial charge in [0.2, 0.25) is 0 Å². The lowest BCUT2D eigenvalue weighted by Gasteiger charge is -2.17. The van der Waals surface area contributed by atoms with Crippen LogP contribution in [0.15, 0.2) is 48.5 Å². The first kappa shape index (κ1) is 15.5. The van der Waals surface area contributed by atoms with E-state index in [0.29, 0.717) is 21.7 Å². The molecule has 110 valence electrons. The van der Waals surface area contributed by atoms with Gasteiger partial charge in [0.25, 0.3) is 0 Å². The first-order valence-corrected chi connectivity index (χ1v) is 6.84. The van der Waals surface area contributed by atoms with Crippen LogP contribution in [0.25, 0.3) is 5.57 Å². The van der Waals surface area contributed by atoms with Gasteiger partial charge in [0.15, 0.2) is 0 Å². The average Bonchev–Trinajstić information content (AvgIpc) is 2.36. The highest BCUT2D eigenvalue weighted by atomic mass is 35.5. The Morgan fingerprint density at radius 1 is 1.14 bits per heavy atom. The van der Waals surface area contributed by atoms with Gasteiger partial charge in [-0.2, -0.15) is 0 Å². The second kappa shape index (κ2) is 5.88. The number of benzene rings is 2. The average molecular weight is 307 g/mol. The molecule has 0 bridgehead atoms. The van der Waals surface area contributed by atoms with E-state index in [9.17, 15) is 14.6 Å². The maximum Gasteiger partial charge on any atom is 0.124 e. The van der Waals surface area contributed by atoms with Gasteiger partial charge in [-0.3, -0.25) is 0 Å². The zero-order valence-electron chi connectivity index (χ0n) is 11.8. The summed E-state index contributed by atoms with van der Waals surface area (Å²) < 4.78 is 13.1. The summed E-state index contributed by atoms with van der Waals surface area (Å²) in [6, 6.07) is 10.6. The van der Waals surface area contributed by atoms with Crippen molar-refractivity contribution in [2.45, 2.75) is 19.4 Å². The maximum atomic E-state index is 13.1. The standard InChI is InChI=1S/C17H16ClFO2/c1-17(2,21)10-15(11-3-6-13(19)7-4-11)14-8-5-12(18)9-16(14)20/h3-10,20-21H,1-2H3/b15-10+. The van der Waals surface area contributed by atoms with E-state index in [2.05, 4.69) is 0 Å². The molecule has 0 fully saturated rings. The summed E-state index contributed by atoms with van der Waals surface area (Å²) in [4.78, 5) is 0. The van der Waals surface area contributed by atoms with E-state index in [1.54, 1.807) is 44.2 Å². The van der Waals surface area contributed by atoms with Crippen molar-refractivity contribution in [3.63, 3.8) is 0 Å². The Morgan fingerprint density at radius 3 is 2.29 bits per heavy atom. The minimum absolute atomic E-state index is 0.00215. The van der Waals surface area contributed by atoms with Gasteiger partial charge < -0.3 is 10.2 Å². The van der Waals surface area contributed by atoms with Crippen molar-refractivity contribution >= 4 is 17.2 Å². The van der Waals surface area contributed by atoms with Crippen molar-refractivity contribution in [1.29, 1.82) is 0 Å². The molecule has 2 aromatic carbocycles. The summed E-state index contributed by atoms with van der Waals surface area (Å²) in [7, 11) is 0. The van der Waals surface area contributed by atoms with E-state index in [0.717, 1.165) is 0 Å². The Balaban J connectivity index is 2.62. The van der Waals surface area contributed by atoms with E-state index >= 15 is 0 Å². The quantitative estimate of drug-likeness (QED) is 0.883. The Hall–Kier alpha value is -1.84. The molecule has 2 nitrogen and oxygen atoms in total. The third kappa shape index (κ3) is 4.06. The van der Waals surface area contributed by atoms with Crippen molar-refractivity contribution in [3.05, 3.63) is 70.5 Å². The molecule has 0 amide bonds. The van der Waals surface area contributed by atoms with Gasteiger partial charge in [0.1, 0.15) is 11.6 Å². The normalized spacial score (nSPS) is 12.5. The number of aromatic hydroxyl groups is 1. The zero-order valence-corrected chi connectivity index (χ0v) is 12.5. The van der Waals surface area contributed by atoms with Crippen molar-refractivity contribution in [3.8, 4) is 5.75 Å². The van der Waals surface area contributed by atoms with Crippen LogP contribution in [0, 0.1) is 5.82 Å². The second-order valence-corrected chi connectivity index (χ2v) is 5.82. The summed E-state index contributed by atoms with van der Waals surface area (Å²) >= 11 is 5.84. The lowest BCUT2D eigenvalue weighted by atomic mass is 9.92. The molecular weight excluding hydrogens is 291 g/mol. The zero-order chi connectivity index (χ0) is 15.6.